The lowest BCUT2D eigenvalue weighted by Gasteiger charge is -2.48. The third kappa shape index (κ3) is 3.41. The van der Waals surface area contributed by atoms with Gasteiger partial charge in [-0.25, -0.2) is 0 Å². The lowest BCUT2D eigenvalue weighted by Crippen LogP contribution is -2.61. The zero-order valence-corrected chi connectivity index (χ0v) is 12.1. The zero-order chi connectivity index (χ0) is 14.3. The average Bonchev–Trinajstić information content (AvgIpc) is 1.98. The van der Waals surface area contributed by atoms with E-state index in [9.17, 15) is 20.4 Å². The summed E-state index contributed by atoms with van der Waals surface area (Å²) in [4.78, 5) is 0. The number of hydrogen-bond donors (Lipinski definition) is 4. The van der Waals surface area contributed by atoms with E-state index in [-0.39, 0.29) is 12.3 Å². The molecule has 0 aliphatic rings. The van der Waals surface area contributed by atoms with Crippen LogP contribution < -0.4 is 0 Å². The molecule has 0 amide bonds. The Bertz CT molecular complexity index is 258. The Balaban J connectivity index is 5.32. The molecule has 0 saturated carbocycles. The van der Waals surface area contributed by atoms with Crippen LogP contribution in [0.3, 0.4) is 0 Å². The molecule has 0 spiro atoms. The summed E-state index contributed by atoms with van der Waals surface area (Å²) in [5, 5.41) is 40.9. The van der Waals surface area contributed by atoms with Crippen LogP contribution in [0.15, 0.2) is 0 Å². The van der Waals surface area contributed by atoms with Gasteiger partial charge in [0.05, 0.1) is 22.4 Å². The van der Waals surface area contributed by atoms with Crippen LogP contribution in [0.5, 0.6) is 0 Å². The van der Waals surface area contributed by atoms with Crippen molar-refractivity contribution in [3.05, 3.63) is 0 Å². The minimum atomic E-state index is -1.49. The van der Waals surface area contributed by atoms with Gasteiger partial charge in [-0.3, -0.25) is 0 Å². The van der Waals surface area contributed by atoms with Gasteiger partial charge < -0.3 is 20.4 Å². The Kier molecular flexibility index (Phi) is 4.46. The van der Waals surface area contributed by atoms with Crippen molar-refractivity contribution in [2.45, 2.75) is 77.3 Å². The SMILES string of the molecule is CC(C)C(O)(CC(C)(O)C(C)(C)O)C(C)(C)O. The molecular weight excluding hydrogens is 220 g/mol. The summed E-state index contributed by atoms with van der Waals surface area (Å²) < 4.78 is 0. The van der Waals surface area contributed by atoms with Gasteiger partial charge in [-0.1, -0.05) is 13.8 Å². The molecule has 0 radical (unpaired) electrons. The van der Waals surface area contributed by atoms with Crippen molar-refractivity contribution in [3.8, 4) is 0 Å². The maximum Gasteiger partial charge on any atom is 0.0978 e. The normalized spacial score (nSPS) is 21.2. The van der Waals surface area contributed by atoms with E-state index < -0.39 is 22.4 Å². The molecule has 4 heteroatoms. The van der Waals surface area contributed by atoms with Crippen LogP contribution in [0.25, 0.3) is 0 Å². The summed E-state index contributed by atoms with van der Waals surface area (Å²) in [5.74, 6) is -0.253. The molecule has 0 rings (SSSR count). The van der Waals surface area contributed by atoms with E-state index in [0.29, 0.717) is 0 Å². The highest BCUT2D eigenvalue weighted by molar-refractivity contribution is 5.04. The van der Waals surface area contributed by atoms with E-state index in [1.165, 1.54) is 34.6 Å². The number of hydrogen-bond acceptors (Lipinski definition) is 4. The lowest BCUT2D eigenvalue weighted by molar-refractivity contribution is -0.216. The van der Waals surface area contributed by atoms with Gasteiger partial charge in [-0.2, -0.15) is 0 Å². The molecule has 0 aromatic carbocycles. The van der Waals surface area contributed by atoms with Crippen molar-refractivity contribution in [1.29, 1.82) is 0 Å². The molecule has 0 aromatic heterocycles. The van der Waals surface area contributed by atoms with Crippen LogP contribution in [0.4, 0.5) is 0 Å². The second-order valence-electron chi connectivity index (χ2n) is 6.65. The van der Waals surface area contributed by atoms with Crippen molar-refractivity contribution >= 4 is 0 Å². The monoisotopic (exact) mass is 248 g/mol. The Morgan fingerprint density at radius 1 is 0.765 bits per heavy atom. The highest BCUT2D eigenvalue weighted by atomic mass is 16.4. The first-order valence-electron chi connectivity index (χ1n) is 6.04. The van der Waals surface area contributed by atoms with Gasteiger partial charge in [0.25, 0.3) is 0 Å². The van der Waals surface area contributed by atoms with Crippen molar-refractivity contribution in [2.24, 2.45) is 5.92 Å². The predicted molar refractivity (Wildman–Crippen MR) is 67.6 cm³/mol. The molecule has 0 aliphatic heterocycles. The van der Waals surface area contributed by atoms with Crippen molar-refractivity contribution in [3.63, 3.8) is 0 Å². The van der Waals surface area contributed by atoms with Gasteiger partial charge in [-0.05, 0) is 40.5 Å². The number of rotatable bonds is 5. The van der Waals surface area contributed by atoms with Crippen molar-refractivity contribution in [2.75, 3.05) is 0 Å². The lowest BCUT2D eigenvalue weighted by atomic mass is 9.67. The molecule has 4 N–H and O–H groups in total. The third-order valence-corrected chi connectivity index (χ3v) is 3.95. The summed E-state index contributed by atoms with van der Waals surface area (Å²) >= 11 is 0. The second-order valence-corrected chi connectivity index (χ2v) is 6.65. The maximum atomic E-state index is 10.6. The van der Waals surface area contributed by atoms with Crippen LogP contribution in [-0.4, -0.2) is 42.8 Å². The topological polar surface area (TPSA) is 80.9 Å². The van der Waals surface area contributed by atoms with Gasteiger partial charge in [0.15, 0.2) is 0 Å². The predicted octanol–water partition coefficient (Wildman–Crippen LogP) is 1.06. The van der Waals surface area contributed by atoms with Crippen LogP contribution in [0.2, 0.25) is 0 Å². The Morgan fingerprint density at radius 3 is 1.29 bits per heavy atom. The molecule has 104 valence electrons. The third-order valence-electron chi connectivity index (χ3n) is 3.95. The molecule has 0 fully saturated rings. The van der Waals surface area contributed by atoms with Gasteiger partial charge in [0.1, 0.15) is 0 Å². The Morgan fingerprint density at radius 2 is 1.12 bits per heavy atom. The van der Waals surface area contributed by atoms with Crippen molar-refractivity contribution < 1.29 is 20.4 Å². The summed E-state index contributed by atoms with van der Waals surface area (Å²) in [7, 11) is 0. The van der Waals surface area contributed by atoms with Crippen LogP contribution in [0.1, 0.15) is 54.9 Å². The fourth-order valence-corrected chi connectivity index (χ4v) is 1.87. The first kappa shape index (κ1) is 16.8. The Labute approximate surface area is 104 Å². The summed E-state index contributed by atoms with van der Waals surface area (Å²) in [5.41, 5.74) is -5.69. The van der Waals surface area contributed by atoms with E-state index in [4.69, 9.17) is 0 Å². The Hall–Kier alpha value is -0.160. The molecule has 0 aliphatic carbocycles. The van der Waals surface area contributed by atoms with Crippen LogP contribution in [-0.2, 0) is 0 Å². The molecular formula is C13H28O4. The van der Waals surface area contributed by atoms with Crippen LogP contribution in [0, 0.1) is 5.92 Å². The number of aliphatic hydroxyl groups is 4. The minimum absolute atomic E-state index is 0.106. The average molecular weight is 248 g/mol. The fraction of sp³-hybridized carbons (Fsp3) is 1.00. The molecule has 0 heterocycles. The molecule has 0 aromatic rings. The van der Waals surface area contributed by atoms with E-state index >= 15 is 0 Å². The fourth-order valence-electron chi connectivity index (χ4n) is 1.87. The quantitative estimate of drug-likeness (QED) is 0.586. The molecule has 0 bridgehead atoms. The van der Waals surface area contributed by atoms with Crippen LogP contribution >= 0.6 is 0 Å². The van der Waals surface area contributed by atoms with Gasteiger partial charge in [0, 0.05) is 6.42 Å². The van der Waals surface area contributed by atoms with Gasteiger partial charge in [-0.15, -0.1) is 0 Å². The summed E-state index contributed by atoms with van der Waals surface area (Å²) in [6, 6.07) is 0. The van der Waals surface area contributed by atoms with Crippen molar-refractivity contribution in [1.82, 2.24) is 0 Å². The van der Waals surface area contributed by atoms with Gasteiger partial charge in [0.2, 0.25) is 0 Å². The molecule has 17 heavy (non-hydrogen) atoms. The van der Waals surface area contributed by atoms with E-state index in [0.717, 1.165) is 0 Å². The molecule has 0 saturated heterocycles. The van der Waals surface area contributed by atoms with E-state index in [2.05, 4.69) is 0 Å². The van der Waals surface area contributed by atoms with E-state index in [1.54, 1.807) is 13.8 Å². The summed E-state index contributed by atoms with van der Waals surface area (Å²) in [6.45, 7) is 11.0. The molecule has 2 atom stereocenters. The zero-order valence-electron chi connectivity index (χ0n) is 12.1. The summed E-state index contributed by atoms with van der Waals surface area (Å²) in [6.07, 6.45) is -0.106. The highest BCUT2D eigenvalue weighted by Gasteiger charge is 2.52. The second kappa shape index (κ2) is 4.50. The first-order valence-corrected chi connectivity index (χ1v) is 6.04. The standard InChI is InChI=1S/C13H28O4/c1-9(2)13(17,11(5,6)15)8-12(7,16)10(3,4)14/h9,14-17H,8H2,1-7H3. The largest absolute Gasteiger partial charge is 0.387 e. The molecule has 2 unspecified atom stereocenters. The van der Waals surface area contributed by atoms with Gasteiger partial charge >= 0.3 is 0 Å². The highest BCUT2D eigenvalue weighted by Crippen LogP contribution is 2.40. The minimum Gasteiger partial charge on any atom is -0.387 e. The first-order chi connectivity index (χ1) is 7.15. The smallest absolute Gasteiger partial charge is 0.0978 e. The molecule has 4 nitrogen and oxygen atoms in total. The van der Waals surface area contributed by atoms with E-state index in [1.807, 2.05) is 0 Å². The maximum absolute atomic E-state index is 10.6.